The molecule has 0 saturated carbocycles. The lowest BCUT2D eigenvalue weighted by Gasteiger charge is -2.35. The summed E-state index contributed by atoms with van der Waals surface area (Å²) in [5, 5.41) is 3.83. The van der Waals surface area contributed by atoms with Crippen molar-refractivity contribution in [3.05, 3.63) is 228 Å². The van der Waals surface area contributed by atoms with Gasteiger partial charge in [0.2, 0.25) is 0 Å². The molecule has 2 nitrogen and oxygen atoms in total. The summed E-state index contributed by atoms with van der Waals surface area (Å²) < 4.78 is 5.01. The Bertz CT molecular complexity index is 3550. The Morgan fingerprint density at radius 1 is 0.441 bits per heavy atom. The SMILES string of the molecule is C1=Cc2ccc(-c3ccc4c(c3)c3nc(-c5ccccc5)ccc3n4-c3ccccc3)cc2C2(c3ccccc31)c1ccccc1-c1c2ccc2sc3ccccc3c12. The van der Waals surface area contributed by atoms with Crippen LogP contribution < -0.4 is 0 Å². The number of hydrogen-bond acceptors (Lipinski definition) is 2. The maximum atomic E-state index is 5.38. The third-order valence-corrected chi connectivity index (χ3v) is 14.0. The Kier molecular flexibility index (Phi) is 6.84. The lowest BCUT2D eigenvalue weighted by molar-refractivity contribution is 0.767. The van der Waals surface area contributed by atoms with Gasteiger partial charge in [-0.3, -0.25) is 0 Å². The van der Waals surface area contributed by atoms with Crippen LogP contribution in [0.4, 0.5) is 0 Å². The molecule has 3 heteroatoms. The summed E-state index contributed by atoms with van der Waals surface area (Å²) in [6.07, 6.45) is 4.65. The molecule has 0 bridgehead atoms. The van der Waals surface area contributed by atoms with Gasteiger partial charge in [-0.25, -0.2) is 4.98 Å². The number of pyridine rings is 1. The van der Waals surface area contributed by atoms with Crippen molar-refractivity contribution in [1.82, 2.24) is 9.55 Å². The molecule has 13 rings (SSSR count). The number of nitrogens with zero attached hydrogens (tertiary/aromatic N) is 2. The first-order chi connectivity index (χ1) is 29.3. The number of benzene rings is 8. The monoisotopic (exact) mass is 766 g/mol. The van der Waals surface area contributed by atoms with Crippen molar-refractivity contribution in [3.8, 4) is 39.2 Å². The van der Waals surface area contributed by atoms with Gasteiger partial charge in [0.1, 0.15) is 0 Å². The summed E-state index contributed by atoms with van der Waals surface area (Å²) >= 11 is 1.89. The quantitative estimate of drug-likeness (QED) is 0.175. The molecule has 274 valence electrons. The summed E-state index contributed by atoms with van der Waals surface area (Å²) in [6, 6.07) is 71.6. The van der Waals surface area contributed by atoms with Crippen molar-refractivity contribution in [3.63, 3.8) is 0 Å². The van der Waals surface area contributed by atoms with Gasteiger partial charge in [-0.2, -0.15) is 0 Å². The van der Waals surface area contributed by atoms with Crippen LogP contribution >= 0.6 is 11.3 Å². The molecule has 1 spiro atoms. The van der Waals surface area contributed by atoms with Gasteiger partial charge in [0.05, 0.1) is 27.7 Å². The highest BCUT2D eigenvalue weighted by Gasteiger charge is 2.49. The first kappa shape index (κ1) is 32.7. The van der Waals surface area contributed by atoms with Gasteiger partial charge in [-0.05, 0) is 110 Å². The standard InChI is InChI=1S/C56H34N2S/c1-3-14-37(15-4-1)48-29-31-50-55(57-48)43-33-38(27-30-49(43)58(50)40-16-5-2-6-17-40)39-26-25-36-24-23-35-13-7-10-20-44(35)56(47(36)34-39)45-21-11-8-18-41(45)53-46(56)28-32-52-54(53)42-19-9-12-22-51(42)59-52/h1-34H. The Labute approximate surface area is 345 Å². The molecule has 59 heavy (non-hydrogen) atoms. The molecule has 3 aromatic heterocycles. The molecule has 8 aromatic carbocycles. The summed E-state index contributed by atoms with van der Waals surface area (Å²) in [7, 11) is 0. The van der Waals surface area contributed by atoms with Gasteiger partial charge in [0.25, 0.3) is 0 Å². The van der Waals surface area contributed by atoms with Crippen molar-refractivity contribution in [2.24, 2.45) is 0 Å². The van der Waals surface area contributed by atoms with Gasteiger partial charge in [0, 0.05) is 36.8 Å². The van der Waals surface area contributed by atoms with E-state index in [1.54, 1.807) is 0 Å². The lowest BCUT2D eigenvalue weighted by atomic mass is 9.65. The zero-order valence-electron chi connectivity index (χ0n) is 31.9. The third kappa shape index (κ3) is 4.54. The second-order valence-corrected chi connectivity index (χ2v) is 16.9. The van der Waals surface area contributed by atoms with E-state index in [1.165, 1.54) is 75.8 Å². The van der Waals surface area contributed by atoms with E-state index < -0.39 is 5.41 Å². The minimum atomic E-state index is -0.534. The van der Waals surface area contributed by atoms with Crippen molar-refractivity contribution in [2.45, 2.75) is 5.41 Å². The van der Waals surface area contributed by atoms with Crippen LogP contribution in [0.2, 0.25) is 0 Å². The second-order valence-electron chi connectivity index (χ2n) is 15.8. The van der Waals surface area contributed by atoms with E-state index in [0.717, 1.165) is 38.9 Å². The van der Waals surface area contributed by atoms with Crippen LogP contribution in [-0.2, 0) is 5.41 Å². The van der Waals surface area contributed by atoms with Gasteiger partial charge in [-0.1, -0.05) is 152 Å². The molecule has 0 radical (unpaired) electrons. The normalized spacial score (nSPS) is 15.1. The topological polar surface area (TPSA) is 17.8 Å². The van der Waals surface area contributed by atoms with Gasteiger partial charge in [0.15, 0.2) is 0 Å². The van der Waals surface area contributed by atoms with Crippen LogP contribution in [0.15, 0.2) is 194 Å². The van der Waals surface area contributed by atoms with Gasteiger partial charge in [-0.15, -0.1) is 11.3 Å². The molecule has 0 amide bonds. The number of thiophene rings is 1. The van der Waals surface area contributed by atoms with Crippen LogP contribution in [0.5, 0.6) is 0 Å². The molecule has 1 unspecified atom stereocenters. The smallest absolute Gasteiger partial charge is 0.0971 e. The lowest BCUT2D eigenvalue weighted by Crippen LogP contribution is -2.30. The Morgan fingerprint density at radius 2 is 1.14 bits per heavy atom. The Morgan fingerprint density at radius 3 is 2.02 bits per heavy atom. The van der Waals surface area contributed by atoms with Crippen LogP contribution in [0.1, 0.15) is 33.4 Å². The van der Waals surface area contributed by atoms with Crippen molar-refractivity contribution in [2.75, 3.05) is 0 Å². The fraction of sp³-hybridized carbons (Fsp3) is 0.0179. The summed E-state index contributed by atoms with van der Waals surface area (Å²) in [5.41, 5.74) is 18.7. The molecule has 0 aliphatic heterocycles. The number of hydrogen-bond donors (Lipinski definition) is 0. The molecule has 2 aliphatic carbocycles. The minimum absolute atomic E-state index is 0.534. The van der Waals surface area contributed by atoms with E-state index in [0.29, 0.717) is 0 Å². The maximum absolute atomic E-state index is 5.38. The summed E-state index contributed by atoms with van der Waals surface area (Å²) in [6.45, 7) is 0. The zero-order valence-corrected chi connectivity index (χ0v) is 32.7. The number of fused-ring (bicyclic) bond motifs is 16. The van der Waals surface area contributed by atoms with Gasteiger partial charge < -0.3 is 4.57 Å². The fourth-order valence-corrected chi connectivity index (χ4v) is 11.5. The molecule has 3 heterocycles. The molecule has 0 N–H and O–H groups in total. The van der Waals surface area contributed by atoms with Gasteiger partial charge >= 0.3 is 0 Å². The molecule has 1 atom stereocenters. The molecular weight excluding hydrogens is 733 g/mol. The molecule has 0 saturated heterocycles. The fourth-order valence-electron chi connectivity index (χ4n) is 10.4. The summed E-state index contributed by atoms with van der Waals surface area (Å²) in [4.78, 5) is 5.38. The Balaban J connectivity index is 1.09. The zero-order chi connectivity index (χ0) is 38.7. The molecule has 2 aliphatic rings. The van der Waals surface area contributed by atoms with E-state index in [4.69, 9.17) is 4.98 Å². The van der Waals surface area contributed by atoms with E-state index in [2.05, 4.69) is 211 Å². The van der Waals surface area contributed by atoms with Crippen LogP contribution in [-0.4, -0.2) is 9.55 Å². The van der Waals surface area contributed by atoms with E-state index in [1.807, 2.05) is 11.3 Å². The molecule has 11 aromatic rings. The van der Waals surface area contributed by atoms with Crippen molar-refractivity contribution < 1.29 is 0 Å². The average molecular weight is 767 g/mol. The number of rotatable bonds is 3. The minimum Gasteiger partial charge on any atom is -0.308 e. The first-order valence-corrected chi connectivity index (χ1v) is 21.1. The third-order valence-electron chi connectivity index (χ3n) is 12.8. The number of aromatic nitrogens is 2. The highest BCUT2D eigenvalue weighted by molar-refractivity contribution is 7.26. The first-order valence-electron chi connectivity index (χ1n) is 20.3. The molecular formula is C56H34N2S. The average Bonchev–Trinajstić information content (AvgIpc) is 3.91. The van der Waals surface area contributed by atoms with Crippen LogP contribution in [0, 0.1) is 0 Å². The van der Waals surface area contributed by atoms with Crippen LogP contribution in [0.25, 0.3) is 93.5 Å². The van der Waals surface area contributed by atoms with E-state index in [9.17, 15) is 0 Å². The highest BCUT2D eigenvalue weighted by Crippen LogP contribution is 2.61. The second kappa shape index (κ2) is 12.3. The predicted octanol–water partition coefficient (Wildman–Crippen LogP) is 14.7. The molecule has 0 fully saturated rings. The van der Waals surface area contributed by atoms with E-state index >= 15 is 0 Å². The highest BCUT2D eigenvalue weighted by atomic mass is 32.1. The largest absolute Gasteiger partial charge is 0.308 e. The van der Waals surface area contributed by atoms with Crippen molar-refractivity contribution >= 4 is 65.6 Å². The maximum Gasteiger partial charge on any atom is 0.0971 e. The Hall–Kier alpha value is -7.33. The number of para-hydroxylation sites is 1. The van der Waals surface area contributed by atoms with Crippen LogP contribution in [0.3, 0.4) is 0 Å². The van der Waals surface area contributed by atoms with E-state index in [-0.39, 0.29) is 0 Å². The summed E-state index contributed by atoms with van der Waals surface area (Å²) in [5.74, 6) is 0. The van der Waals surface area contributed by atoms with Crippen molar-refractivity contribution in [1.29, 1.82) is 0 Å². The predicted molar refractivity (Wildman–Crippen MR) is 249 cm³/mol.